The molecule has 2 aliphatic rings. The van der Waals surface area contributed by atoms with Gasteiger partial charge in [-0.15, -0.1) is 11.3 Å². The van der Waals surface area contributed by atoms with Gasteiger partial charge in [0.05, 0.1) is 6.04 Å². The Morgan fingerprint density at radius 1 is 1.14 bits per heavy atom. The summed E-state index contributed by atoms with van der Waals surface area (Å²) in [6.45, 7) is 7.27. The van der Waals surface area contributed by atoms with Gasteiger partial charge in [-0.2, -0.15) is 4.31 Å². The second-order valence-electron chi connectivity index (χ2n) is 7.79. The first-order valence-corrected chi connectivity index (χ1v) is 12.0. The molecule has 1 aromatic carbocycles. The van der Waals surface area contributed by atoms with Crippen molar-refractivity contribution in [3.05, 3.63) is 52.4 Å². The first kappa shape index (κ1) is 19.6. The van der Waals surface area contributed by atoms with Crippen LogP contribution in [0.1, 0.15) is 35.9 Å². The van der Waals surface area contributed by atoms with Crippen molar-refractivity contribution >= 4 is 27.3 Å². The van der Waals surface area contributed by atoms with Crippen LogP contribution in [0.2, 0.25) is 0 Å². The molecule has 0 N–H and O–H groups in total. The molecule has 1 amide bonds. The predicted octanol–water partition coefficient (Wildman–Crippen LogP) is 3.46. The Morgan fingerprint density at radius 3 is 2.54 bits per heavy atom. The number of sulfonamides is 1. The van der Waals surface area contributed by atoms with Gasteiger partial charge in [0.15, 0.2) is 0 Å². The molecule has 150 valence electrons. The van der Waals surface area contributed by atoms with Crippen molar-refractivity contribution in [1.29, 1.82) is 0 Å². The predicted molar refractivity (Wildman–Crippen MR) is 111 cm³/mol. The molecule has 1 aromatic heterocycles. The van der Waals surface area contributed by atoms with E-state index in [1.54, 1.807) is 17.3 Å². The van der Waals surface area contributed by atoms with Crippen LogP contribution in [0.3, 0.4) is 0 Å². The average molecular weight is 419 g/mol. The van der Waals surface area contributed by atoms with E-state index in [4.69, 9.17) is 0 Å². The van der Waals surface area contributed by atoms with E-state index in [2.05, 4.69) is 19.1 Å². The van der Waals surface area contributed by atoms with Gasteiger partial charge in [0, 0.05) is 37.4 Å². The molecule has 0 bridgehead atoms. The van der Waals surface area contributed by atoms with Gasteiger partial charge in [0.1, 0.15) is 4.21 Å². The van der Waals surface area contributed by atoms with Crippen LogP contribution in [0.5, 0.6) is 0 Å². The van der Waals surface area contributed by atoms with Gasteiger partial charge in [-0.3, -0.25) is 4.79 Å². The summed E-state index contributed by atoms with van der Waals surface area (Å²) in [5.74, 6) is 0.363. The molecular formula is C21H26N2O3S2. The van der Waals surface area contributed by atoms with E-state index in [0.29, 0.717) is 23.8 Å². The summed E-state index contributed by atoms with van der Waals surface area (Å²) in [7, 11) is -3.48. The van der Waals surface area contributed by atoms with Crippen LogP contribution in [0.15, 0.2) is 40.6 Å². The summed E-state index contributed by atoms with van der Waals surface area (Å²) in [4.78, 5) is 15.3. The molecule has 0 aliphatic carbocycles. The molecule has 3 heterocycles. The highest BCUT2D eigenvalue weighted by Gasteiger charge is 2.51. The fraction of sp³-hybridized carbons (Fsp3) is 0.476. The van der Waals surface area contributed by atoms with Gasteiger partial charge < -0.3 is 4.90 Å². The Kier molecular flexibility index (Phi) is 5.10. The van der Waals surface area contributed by atoms with Crippen LogP contribution in [0, 0.1) is 18.8 Å². The third kappa shape index (κ3) is 3.19. The quantitative estimate of drug-likeness (QED) is 0.764. The second-order valence-corrected chi connectivity index (χ2v) is 11.1. The lowest BCUT2D eigenvalue weighted by molar-refractivity contribution is -0.130. The average Bonchev–Trinajstić information content (AvgIpc) is 3.36. The number of carbonyl (C=O) groups is 1. The molecule has 2 aliphatic heterocycles. The van der Waals surface area contributed by atoms with Gasteiger partial charge in [0.25, 0.3) is 10.0 Å². The molecule has 2 fully saturated rings. The fourth-order valence-corrected chi connectivity index (χ4v) is 7.64. The Labute approximate surface area is 171 Å². The molecule has 28 heavy (non-hydrogen) atoms. The Hall–Kier alpha value is -1.70. The Bertz CT molecular complexity index is 999. The molecule has 3 atom stereocenters. The largest absolute Gasteiger partial charge is 0.335 e. The fourth-order valence-electron chi connectivity index (χ4n) is 4.66. The minimum atomic E-state index is -3.48. The number of benzene rings is 1. The van der Waals surface area contributed by atoms with Crippen molar-refractivity contribution in [3.8, 4) is 0 Å². The Balaban J connectivity index is 1.65. The summed E-state index contributed by atoms with van der Waals surface area (Å²) >= 11 is 1.37. The molecule has 0 spiro atoms. The maximum atomic E-state index is 13.2. The number of aryl methyl sites for hydroxylation is 2. The van der Waals surface area contributed by atoms with Crippen molar-refractivity contribution in [2.24, 2.45) is 11.8 Å². The van der Waals surface area contributed by atoms with Gasteiger partial charge in [-0.1, -0.05) is 31.2 Å². The molecule has 4 rings (SSSR count). The number of carbonyl (C=O) groups excluding carboxylic acids is 1. The molecule has 0 saturated carbocycles. The monoisotopic (exact) mass is 418 g/mol. The summed E-state index contributed by atoms with van der Waals surface area (Å²) in [6, 6.07) is 11.7. The summed E-state index contributed by atoms with van der Waals surface area (Å²) in [5.41, 5.74) is 2.28. The zero-order chi connectivity index (χ0) is 20.1. The molecule has 0 radical (unpaired) electrons. The van der Waals surface area contributed by atoms with Crippen molar-refractivity contribution in [3.63, 3.8) is 0 Å². The van der Waals surface area contributed by atoms with E-state index >= 15 is 0 Å². The molecule has 0 unspecified atom stereocenters. The van der Waals surface area contributed by atoms with Crippen molar-refractivity contribution in [1.82, 2.24) is 9.21 Å². The van der Waals surface area contributed by atoms with Crippen LogP contribution < -0.4 is 0 Å². The van der Waals surface area contributed by atoms with E-state index in [-0.39, 0.29) is 23.8 Å². The van der Waals surface area contributed by atoms with Gasteiger partial charge in [-0.25, -0.2) is 8.42 Å². The third-order valence-electron chi connectivity index (χ3n) is 6.12. The molecule has 5 nitrogen and oxygen atoms in total. The minimum absolute atomic E-state index is 0.0570. The number of amides is 1. The molecule has 7 heteroatoms. The van der Waals surface area contributed by atoms with E-state index in [0.717, 1.165) is 22.4 Å². The summed E-state index contributed by atoms with van der Waals surface area (Å²) in [6.07, 6.45) is 0.842. The van der Waals surface area contributed by atoms with Crippen LogP contribution in [0.4, 0.5) is 0 Å². The van der Waals surface area contributed by atoms with Crippen LogP contribution in [-0.2, 0) is 21.2 Å². The van der Waals surface area contributed by atoms with Gasteiger partial charge >= 0.3 is 0 Å². The van der Waals surface area contributed by atoms with Crippen molar-refractivity contribution in [2.45, 2.75) is 37.4 Å². The van der Waals surface area contributed by atoms with Crippen LogP contribution in [-0.4, -0.2) is 43.2 Å². The van der Waals surface area contributed by atoms with Crippen molar-refractivity contribution < 1.29 is 13.2 Å². The first-order valence-electron chi connectivity index (χ1n) is 9.74. The number of hydrogen-bond donors (Lipinski definition) is 0. The number of rotatable bonds is 4. The summed E-state index contributed by atoms with van der Waals surface area (Å²) in [5, 5.41) is 0. The minimum Gasteiger partial charge on any atom is -0.335 e. The lowest BCUT2D eigenvalue weighted by atomic mass is 9.87. The maximum Gasteiger partial charge on any atom is 0.252 e. The number of likely N-dealkylation sites (tertiary alicyclic amines) is 1. The maximum absolute atomic E-state index is 13.2. The number of thiophene rings is 1. The number of hydrogen-bond acceptors (Lipinski definition) is 4. The van der Waals surface area contributed by atoms with Crippen molar-refractivity contribution in [2.75, 3.05) is 19.6 Å². The lowest BCUT2D eigenvalue weighted by Gasteiger charge is -2.30. The van der Waals surface area contributed by atoms with E-state index in [1.165, 1.54) is 11.3 Å². The molecular weight excluding hydrogens is 392 g/mol. The Morgan fingerprint density at radius 2 is 1.89 bits per heavy atom. The zero-order valence-electron chi connectivity index (χ0n) is 16.5. The topological polar surface area (TPSA) is 57.7 Å². The second kappa shape index (κ2) is 7.28. The van der Waals surface area contributed by atoms with E-state index in [1.807, 2.05) is 30.0 Å². The van der Waals surface area contributed by atoms with Gasteiger partial charge in [0.2, 0.25) is 5.91 Å². The van der Waals surface area contributed by atoms with Crippen LogP contribution in [0.25, 0.3) is 0 Å². The highest BCUT2D eigenvalue weighted by Crippen LogP contribution is 2.47. The highest BCUT2D eigenvalue weighted by molar-refractivity contribution is 7.91. The number of nitrogens with zero attached hydrogens (tertiary/aromatic N) is 2. The lowest BCUT2D eigenvalue weighted by Crippen LogP contribution is -2.36. The summed E-state index contributed by atoms with van der Waals surface area (Å²) < 4.78 is 28.4. The highest BCUT2D eigenvalue weighted by atomic mass is 32.2. The van der Waals surface area contributed by atoms with E-state index < -0.39 is 10.0 Å². The van der Waals surface area contributed by atoms with Gasteiger partial charge in [-0.05, 0) is 42.5 Å². The standard InChI is InChI=1S/C21H26N2O3S2/c1-4-17-9-10-20(27-17)28(25,26)22-11-16-12-23(15(3)24)21(19(16)13-22)18-8-6-5-7-14(18)2/h5-10,16,19,21H,4,11-13H2,1-3H3/t16-,19-,21+/m1/s1. The zero-order valence-corrected chi connectivity index (χ0v) is 18.1. The third-order valence-corrected chi connectivity index (χ3v) is 9.65. The van der Waals surface area contributed by atoms with Crippen LogP contribution >= 0.6 is 11.3 Å². The SMILES string of the molecule is CCc1ccc(S(=O)(=O)N2C[C@@H]3CN(C(C)=O)[C@@H](c4ccccc4C)[C@@H]3C2)s1. The first-order chi connectivity index (χ1) is 13.3. The number of fused-ring (bicyclic) bond motifs is 1. The molecule has 2 aromatic rings. The smallest absolute Gasteiger partial charge is 0.252 e. The normalized spacial score (nSPS) is 25.2. The molecule has 2 saturated heterocycles. The van der Waals surface area contributed by atoms with E-state index in [9.17, 15) is 13.2 Å².